The number of rotatable bonds is 5. The van der Waals surface area contributed by atoms with Gasteiger partial charge in [0.1, 0.15) is 11.2 Å². The van der Waals surface area contributed by atoms with Crippen molar-refractivity contribution in [3.05, 3.63) is 156 Å². The lowest BCUT2D eigenvalue weighted by atomic mass is 9.99. The molecule has 6 aromatic carbocycles. The molecule has 0 fully saturated rings. The van der Waals surface area contributed by atoms with E-state index in [2.05, 4.69) is 77.4 Å². The predicted molar refractivity (Wildman–Crippen MR) is 179 cm³/mol. The number of nitrogens with one attached hydrogen (secondary N) is 1. The first kappa shape index (κ1) is 25.5. The standard InChI is InChI=1S/C39H24N4O/c40-23-26-8-7-9-27(20-26)39(41)31-12-1-4-13-34(31)42-24-25-16-18-28(19-17-25)43-35-14-5-2-10-29(35)32-22-38-33(21-36(32)43)30-11-3-6-15-37(30)44-38/h1-22,24,41H. The Kier molecular flexibility index (Phi) is 5.92. The highest BCUT2D eigenvalue weighted by Crippen LogP contribution is 2.38. The van der Waals surface area contributed by atoms with E-state index in [4.69, 9.17) is 14.8 Å². The number of nitrogens with zero attached hydrogens (tertiary/aromatic N) is 3. The van der Waals surface area contributed by atoms with Crippen LogP contribution in [-0.4, -0.2) is 16.5 Å². The minimum atomic E-state index is 0.330. The Morgan fingerprint density at radius 2 is 1.45 bits per heavy atom. The van der Waals surface area contributed by atoms with Crippen molar-refractivity contribution < 1.29 is 4.42 Å². The molecule has 1 N–H and O–H groups in total. The third-order valence-corrected chi connectivity index (χ3v) is 8.13. The molecule has 0 unspecified atom stereocenters. The first-order valence-corrected chi connectivity index (χ1v) is 14.4. The van der Waals surface area contributed by atoms with Gasteiger partial charge in [-0.2, -0.15) is 5.26 Å². The van der Waals surface area contributed by atoms with E-state index in [1.165, 1.54) is 5.39 Å². The van der Waals surface area contributed by atoms with Crippen LogP contribution >= 0.6 is 0 Å². The molecule has 0 saturated heterocycles. The molecular weight excluding hydrogens is 540 g/mol. The molecule has 206 valence electrons. The molecule has 8 rings (SSSR count). The van der Waals surface area contributed by atoms with Crippen LogP contribution < -0.4 is 0 Å². The first-order valence-electron chi connectivity index (χ1n) is 14.4. The molecule has 8 aromatic rings. The number of aromatic nitrogens is 1. The Morgan fingerprint density at radius 3 is 2.32 bits per heavy atom. The van der Waals surface area contributed by atoms with Crippen molar-refractivity contribution in [1.82, 2.24) is 4.57 Å². The monoisotopic (exact) mass is 564 g/mol. The molecule has 0 aliphatic carbocycles. The Balaban J connectivity index is 1.17. The Bertz CT molecular complexity index is 2470. The van der Waals surface area contributed by atoms with Gasteiger partial charge in [0, 0.05) is 44.6 Å². The molecule has 0 spiro atoms. The number of fused-ring (bicyclic) bond motifs is 6. The highest BCUT2D eigenvalue weighted by atomic mass is 16.3. The highest BCUT2D eigenvalue weighted by Gasteiger charge is 2.16. The van der Waals surface area contributed by atoms with Crippen LogP contribution in [0.15, 0.2) is 143 Å². The summed E-state index contributed by atoms with van der Waals surface area (Å²) in [7, 11) is 0. The lowest BCUT2D eigenvalue weighted by Gasteiger charge is -2.09. The van der Waals surface area contributed by atoms with E-state index in [1.807, 2.05) is 54.7 Å². The van der Waals surface area contributed by atoms with Crippen LogP contribution in [0, 0.1) is 16.7 Å². The van der Waals surface area contributed by atoms with Crippen molar-refractivity contribution in [1.29, 1.82) is 10.7 Å². The van der Waals surface area contributed by atoms with Crippen LogP contribution in [0.5, 0.6) is 0 Å². The van der Waals surface area contributed by atoms with Gasteiger partial charge in [0.25, 0.3) is 0 Å². The summed E-state index contributed by atoms with van der Waals surface area (Å²) in [6.45, 7) is 0. The quantitative estimate of drug-likeness (QED) is 0.211. The topological polar surface area (TPSA) is 78.1 Å². The third-order valence-electron chi connectivity index (χ3n) is 8.13. The number of aliphatic imine (C=N–C) groups is 1. The first-order chi connectivity index (χ1) is 21.7. The van der Waals surface area contributed by atoms with E-state index in [0.717, 1.165) is 49.6 Å². The zero-order valence-corrected chi connectivity index (χ0v) is 23.5. The van der Waals surface area contributed by atoms with Gasteiger partial charge >= 0.3 is 0 Å². The molecule has 0 bridgehead atoms. The minimum Gasteiger partial charge on any atom is -0.456 e. The van der Waals surface area contributed by atoms with Gasteiger partial charge in [-0.25, -0.2) is 0 Å². The molecule has 0 amide bonds. The SMILES string of the molecule is N#Cc1cccc(C(=N)c2ccccc2N=Cc2ccc(-n3c4ccccc4c4cc5oc6ccccc6c5cc43)cc2)c1. The third kappa shape index (κ3) is 4.17. The molecule has 0 atom stereocenters. The number of benzene rings is 6. The molecule has 0 aliphatic heterocycles. The summed E-state index contributed by atoms with van der Waals surface area (Å²) in [5, 5.41) is 22.6. The van der Waals surface area contributed by atoms with Crippen molar-refractivity contribution in [2.75, 3.05) is 0 Å². The van der Waals surface area contributed by atoms with E-state index in [1.54, 1.807) is 18.2 Å². The lowest BCUT2D eigenvalue weighted by Crippen LogP contribution is -2.02. The summed E-state index contributed by atoms with van der Waals surface area (Å²) in [6, 6.07) is 46.3. The molecular formula is C39H24N4O. The maximum absolute atomic E-state index is 9.29. The maximum atomic E-state index is 9.29. The average Bonchev–Trinajstić information content (AvgIpc) is 3.61. The van der Waals surface area contributed by atoms with E-state index < -0.39 is 0 Å². The predicted octanol–water partition coefficient (Wildman–Crippen LogP) is 9.72. The Morgan fingerprint density at radius 1 is 0.682 bits per heavy atom. The van der Waals surface area contributed by atoms with Gasteiger partial charge in [0.2, 0.25) is 0 Å². The van der Waals surface area contributed by atoms with Crippen molar-refractivity contribution in [2.45, 2.75) is 0 Å². The Hall–Kier alpha value is -6.25. The number of para-hydroxylation sites is 3. The number of hydrogen-bond acceptors (Lipinski definition) is 4. The summed E-state index contributed by atoms with van der Waals surface area (Å²) in [4.78, 5) is 4.77. The van der Waals surface area contributed by atoms with E-state index in [-0.39, 0.29) is 0 Å². The molecule has 0 radical (unpaired) electrons. The van der Waals surface area contributed by atoms with Crippen molar-refractivity contribution in [2.24, 2.45) is 4.99 Å². The van der Waals surface area contributed by atoms with Gasteiger partial charge in [-0.05, 0) is 60.2 Å². The van der Waals surface area contributed by atoms with Gasteiger partial charge in [0.05, 0.1) is 34.1 Å². The minimum absolute atomic E-state index is 0.330. The van der Waals surface area contributed by atoms with E-state index >= 15 is 0 Å². The van der Waals surface area contributed by atoms with Crippen LogP contribution in [0.25, 0.3) is 49.4 Å². The molecule has 0 aliphatic rings. The largest absolute Gasteiger partial charge is 0.456 e. The number of furan rings is 1. The lowest BCUT2D eigenvalue weighted by molar-refractivity contribution is 0.669. The van der Waals surface area contributed by atoms with Gasteiger partial charge in [-0.3, -0.25) is 10.4 Å². The zero-order chi connectivity index (χ0) is 29.6. The van der Waals surface area contributed by atoms with Gasteiger partial charge < -0.3 is 8.98 Å². The van der Waals surface area contributed by atoms with Crippen LogP contribution in [0.3, 0.4) is 0 Å². The van der Waals surface area contributed by atoms with Crippen LogP contribution in [0.1, 0.15) is 22.3 Å². The zero-order valence-electron chi connectivity index (χ0n) is 23.5. The molecule has 2 aromatic heterocycles. The smallest absolute Gasteiger partial charge is 0.136 e. The van der Waals surface area contributed by atoms with E-state index in [9.17, 15) is 5.26 Å². The number of nitriles is 1. The summed E-state index contributed by atoms with van der Waals surface area (Å²) in [5.41, 5.74) is 8.99. The van der Waals surface area contributed by atoms with Gasteiger partial charge in [-0.15, -0.1) is 0 Å². The number of hydrogen-bond donors (Lipinski definition) is 1. The summed E-state index contributed by atoms with van der Waals surface area (Å²) in [5.74, 6) is 0. The molecule has 5 heteroatoms. The maximum Gasteiger partial charge on any atom is 0.136 e. The second-order valence-corrected chi connectivity index (χ2v) is 10.8. The highest BCUT2D eigenvalue weighted by molar-refractivity contribution is 6.17. The summed E-state index contributed by atoms with van der Waals surface area (Å²) in [6.07, 6.45) is 1.83. The normalized spacial score (nSPS) is 11.6. The van der Waals surface area contributed by atoms with Crippen LogP contribution in [0.2, 0.25) is 0 Å². The van der Waals surface area contributed by atoms with E-state index in [0.29, 0.717) is 28.1 Å². The summed E-state index contributed by atoms with van der Waals surface area (Å²) < 4.78 is 8.52. The van der Waals surface area contributed by atoms with Crippen LogP contribution in [0.4, 0.5) is 5.69 Å². The fourth-order valence-electron chi connectivity index (χ4n) is 6.02. The fraction of sp³-hybridized carbons (Fsp3) is 0. The molecule has 5 nitrogen and oxygen atoms in total. The van der Waals surface area contributed by atoms with Gasteiger partial charge in [-0.1, -0.05) is 78.9 Å². The van der Waals surface area contributed by atoms with Crippen molar-refractivity contribution >= 4 is 61.4 Å². The molecule has 2 heterocycles. The fourth-order valence-corrected chi connectivity index (χ4v) is 6.02. The van der Waals surface area contributed by atoms with Crippen molar-refractivity contribution in [3.8, 4) is 11.8 Å². The Labute approximate surface area is 253 Å². The van der Waals surface area contributed by atoms with Crippen LogP contribution in [-0.2, 0) is 0 Å². The van der Waals surface area contributed by atoms with Gasteiger partial charge in [0.15, 0.2) is 0 Å². The molecule has 0 saturated carbocycles. The molecule has 44 heavy (non-hydrogen) atoms. The average molecular weight is 565 g/mol. The van der Waals surface area contributed by atoms with Crippen molar-refractivity contribution in [3.63, 3.8) is 0 Å². The summed E-state index contributed by atoms with van der Waals surface area (Å²) >= 11 is 0. The second kappa shape index (κ2) is 10.2. The second-order valence-electron chi connectivity index (χ2n) is 10.8.